The maximum Gasteiger partial charge on any atom is 0.326 e. The number of urea groups is 1. The van der Waals surface area contributed by atoms with Crippen molar-refractivity contribution in [1.29, 1.82) is 0 Å². The van der Waals surface area contributed by atoms with E-state index in [1.807, 2.05) is 19.1 Å². The highest BCUT2D eigenvalue weighted by molar-refractivity contribution is 7.17. The number of rotatable bonds is 7. The molecule has 4 N–H and O–H groups in total. The van der Waals surface area contributed by atoms with Crippen LogP contribution in [0.2, 0.25) is 0 Å². The number of hydrogen-bond acceptors (Lipinski definition) is 9. The monoisotopic (exact) mass is 515 g/mol. The highest BCUT2D eigenvalue weighted by Gasteiger charge is 2.26. The molecule has 6 rings (SSSR count). The van der Waals surface area contributed by atoms with Crippen molar-refractivity contribution in [2.24, 2.45) is 0 Å². The van der Waals surface area contributed by atoms with Gasteiger partial charge in [-0.2, -0.15) is 9.61 Å². The zero-order valence-electron chi connectivity index (χ0n) is 19.6. The summed E-state index contributed by atoms with van der Waals surface area (Å²) in [5.41, 5.74) is 3.35. The number of imide groups is 1. The molecule has 4 aromatic rings. The minimum absolute atomic E-state index is 0.122. The maximum absolute atomic E-state index is 12.8. The summed E-state index contributed by atoms with van der Waals surface area (Å²) in [6.45, 7) is 2.13. The second-order valence-electron chi connectivity index (χ2n) is 8.74. The number of aromatic nitrogens is 5. The van der Waals surface area contributed by atoms with Crippen LogP contribution >= 0.6 is 11.3 Å². The van der Waals surface area contributed by atoms with Crippen molar-refractivity contribution < 1.29 is 14.4 Å². The molecule has 0 spiro atoms. The zero-order valence-corrected chi connectivity index (χ0v) is 20.4. The molecule has 5 heterocycles. The van der Waals surface area contributed by atoms with E-state index in [4.69, 9.17) is 4.98 Å². The molecule has 0 aromatic carbocycles. The van der Waals surface area contributed by atoms with E-state index >= 15 is 0 Å². The molecule has 4 aromatic heterocycles. The molecule has 1 saturated heterocycles. The summed E-state index contributed by atoms with van der Waals surface area (Å²) in [5, 5.41) is 15.4. The highest BCUT2D eigenvalue weighted by atomic mass is 32.1. The van der Waals surface area contributed by atoms with Gasteiger partial charge in [-0.05, 0) is 38.0 Å². The lowest BCUT2D eigenvalue weighted by Gasteiger charge is -2.09. The lowest BCUT2D eigenvalue weighted by Crippen LogP contribution is -2.22. The van der Waals surface area contributed by atoms with Crippen molar-refractivity contribution in [3.05, 3.63) is 64.3 Å². The smallest absolute Gasteiger partial charge is 0.326 e. The number of nitrogens with zero attached hydrogens (tertiary/aromatic N) is 5. The Kier molecular flexibility index (Phi) is 5.60. The Balaban J connectivity index is 1.30. The molecule has 0 atom stereocenters. The fourth-order valence-electron chi connectivity index (χ4n) is 3.75. The minimum atomic E-state index is -0.573. The quantitative estimate of drug-likeness (QED) is 0.216. The third kappa shape index (κ3) is 4.76. The van der Waals surface area contributed by atoms with Crippen LogP contribution in [0.5, 0.6) is 0 Å². The van der Waals surface area contributed by atoms with Crippen LogP contribution in [0.25, 0.3) is 22.3 Å². The van der Waals surface area contributed by atoms with E-state index in [0.29, 0.717) is 33.5 Å². The molecule has 13 heteroatoms. The maximum atomic E-state index is 12.8. The normalized spacial score (nSPS) is 16.2. The van der Waals surface area contributed by atoms with Gasteiger partial charge < -0.3 is 16.0 Å². The van der Waals surface area contributed by atoms with E-state index in [1.165, 1.54) is 11.3 Å². The first kappa shape index (κ1) is 22.8. The molecule has 1 aliphatic carbocycles. The Labute approximate surface area is 214 Å². The van der Waals surface area contributed by atoms with Gasteiger partial charge in [0.05, 0.1) is 45.8 Å². The number of hydrogen-bond donors (Lipinski definition) is 4. The standard InChI is InChI=1S/C24H21N9O3S/c1-12-8-26-15(10-25-12)11-27-23(35)19-5-4-18(37-19)16-7-20(29-14-2-3-14)33-21(30-16)13(9-28-33)6-17-22(34)32-24(36)31-17/h4-10,14,29H,2-3,11H2,1H3,(H,27,35)(H2,31,32,34,36)/b17-6-. The Morgan fingerprint density at radius 2 is 2.05 bits per heavy atom. The summed E-state index contributed by atoms with van der Waals surface area (Å²) in [6, 6.07) is 5.29. The van der Waals surface area contributed by atoms with Gasteiger partial charge in [-0.15, -0.1) is 11.3 Å². The van der Waals surface area contributed by atoms with Gasteiger partial charge in [0.2, 0.25) is 0 Å². The Hall–Kier alpha value is -4.65. The SMILES string of the molecule is Cc1cnc(CNC(=O)c2ccc(-c3cc(NC4CC4)n4ncc(/C=C5\NC(=O)NC5=O)c4n3)s2)cn1. The summed E-state index contributed by atoms with van der Waals surface area (Å²) >= 11 is 1.32. The summed E-state index contributed by atoms with van der Waals surface area (Å²) in [4.78, 5) is 50.9. The van der Waals surface area contributed by atoms with Gasteiger partial charge >= 0.3 is 6.03 Å². The number of aryl methyl sites for hydroxylation is 1. The fourth-order valence-corrected chi connectivity index (χ4v) is 4.63. The van der Waals surface area contributed by atoms with Crippen molar-refractivity contribution in [2.75, 3.05) is 5.32 Å². The summed E-state index contributed by atoms with van der Waals surface area (Å²) in [7, 11) is 0. The molecular formula is C24H21N9O3S. The van der Waals surface area contributed by atoms with Crippen LogP contribution in [0.4, 0.5) is 10.6 Å². The lowest BCUT2D eigenvalue weighted by atomic mass is 10.2. The van der Waals surface area contributed by atoms with Crippen LogP contribution in [0.3, 0.4) is 0 Å². The third-order valence-corrected chi connectivity index (χ3v) is 6.90. The number of amides is 4. The van der Waals surface area contributed by atoms with E-state index < -0.39 is 11.9 Å². The largest absolute Gasteiger partial charge is 0.367 e. The van der Waals surface area contributed by atoms with Crippen molar-refractivity contribution in [1.82, 2.24) is 40.5 Å². The molecule has 2 fully saturated rings. The first-order chi connectivity index (χ1) is 17.9. The van der Waals surface area contributed by atoms with Crippen molar-refractivity contribution in [2.45, 2.75) is 32.4 Å². The second-order valence-corrected chi connectivity index (χ2v) is 9.83. The molecule has 37 heavy (non-hydrogen) atoms. The van der Waals surface area contributed by atoms with Gasteiger partial charge in [0, 0.05) is 23.9 Å². The van der Waals surface area contributed by atoms with Crippen LogP contribution in [0.15, 0.2) is 42.5 Å². The van der Waals surface area contributed by atoms with Crippen molar-refractivity contribution >= 4 is 46.7 Å². The lowest BCUT2D eigenvalue weighted by molar-refractivity contribution is -0.115. The van der Waals surface area contributed by atoms with Crippen LogP contribution < -0.4 is 21.3 Å². The predicted molar refractivity (Wildman–Crippen MR) is 136 cm³/mol. The molecular weight excluding hydrogens is 494 g/mol. The number of nitrogens with one attached hydrogen (secondary N) is 4. The summed E-state index contributed by atoms with van der Waals surface area (Å²) in [6.07, 6.45) is 8.57. The Bertz CT molecular complexity index is 1580. The van der Waals surface area contributed by atoms with E-state index in [1.54, 1.807) is 35.2 Å². The van der Waals surface area contributed by atoms with Crippen molar-refractivity contribution in [3.63, 3.8) is 0 Å². The number of carbonyl (C=O) groups is 3. The minimum Gasteiger partial charge on any atom is -0.367 e. The van der Waals surface area contributed by atoms with E-state index in [2.05, 4.69) is 36.3 Å². The van der Waals surface area contributed by atoms with Gasteiger partial charge in [0.1, 0.15) is 11.5 Å². The van der Waals surface area contributed by atoms with Gasteiger partial charge in [0.25, 0.3) is 11.8 Å². The van der Waals surface area contributed by atoms with E-state index in [0.717, 1.165) is 29.2 Å². The van der Waals surface area contributed by atoms with E-state index in [9.17, 15) is 14.4 Å². The molecule has 1 saturated carbocycles. The first-order valence-corrected chi connectivity index (χ1v) is 12.4. The Morgan fingerprint density at radius 1 is 1.19 bits per heavy atom. The number of thiophene rings is 1. The number of fused-ring (bicyclic) bond motifs is 1. The van der Waals surface area contributed by atoms with Gasteiger partial charge in [-0.3, -0.25) is 24.9 Å². The molecule has 4 amide bonds. The molecule has 0 radical (unpaired) electrons. The van der Waals surface area contributed by atoms with E-state index in [-0.39, 0.29) is 18.1 Å². The van der Waals surface area contributed by atoms with Gasteiger partial charge in [0.15, 0.2) is 5.65 Å². The molecule has 186 valence electrons. The van der Waals surface area contributed by atoms with Crippen LogP contribution in [0.1, 0.15) is 39.5 Å². The topological polar surface area (TPSA) is 155 Å². The van der Waals surface area contributed by atoms with Gasteiger partial charge in [-0.25, -0.2) is 9.78 Å². The predicted octanol–water partition coefficient (Wildman–Crippen LogP) is 2.24. The fraction of sp³-hybridized carbons (Fsp3) is 0.208. The third-order valence-electron chi connectivity index (χ3n) is 5.79. The van der Waals surface area contributed by atoms with Crippen molar-refractivity contribution in [3.8, 4) is 10.6 Å². The highest BCUT2D eigenvalue weighted by Crippen LogP contribution is 2.32. The van der Waals surface area contributed by atoms with Crippen LogP contribution in [-0.2, 0) is 11.3 Å². The molecule has 2 aliphatic rings. The number of carbonyl (C=O) groups excluding carboxylic acids is 3. The Morgan fingerprint density at radius 3 is 2.78 bits per heavy atom. The molecule has 0 unspecified atom stereocenters. The van der Waals surface area contributed by atoms with Crippen LogP contribution in [0, 0.1) is 6.92 Å². The average molecular weight is 516 g/mol. The van der Waals surface area contributed by atoms with Gasteiger partial charge in [-0.1, -0.05) is 0 Å². The van der Waals surface area contributed by atoms with Crippen LogP contribution in [-0.4, -0.2) is 48.5 Å². The zero-order chi connectivity index (χ0) is 25.5. The summed E-state index contributed by atoms with van der Waals surface area (Å²) < 4.78 is 1.67. The average Bonchev–Trinajstić information content (AvgIpc) is 3.25. The number of anilines is 1. The summed E-state index contributed by atoms with van der Waals surface area (Å²) in [5.74, 6) is 0.0283. The first-order valence-electron chi connectivity index (χ1n) is 11.6. The molecule has 1 aliphatic heterocycles. The molecule has 0 bridgehead atoms. The second kappa shape index (κ2) is 9.09. The molecule has 12 nitrogen and oxygen atoms in total.